The average molecular weight is 337 g/mol. The molecular formula is C20H23N3O2. The Morgan fingerprint density at radius 2 is 2.16 bits per heavy atom. The molecule has 1 aromatic carbocycles. The van der Waals surface area contributed by atoms with Crippen molar-refractivity contribution in [2.24, 2.45) is 0 Å². The molecule has 4 rings (SSSR count). The number of nitrogens with zero attached hydrogens (tertiary/aromatic N) is 2. The maximum atomic E-state index is 13.1. The van der Waals surface area contributed by atoms with Crippen LogP contribution in [0.5, 0.6) is 0 Å². The van der Waals surface area contributed by atoms with Crippen molar-refractivity contribution in [3.05, 3.63) is 59.7 Å². The number of amides is 1. The maximum absolute atomic E-state index is 13.1. The first-order valence-electron chi connectivity index (χ1n) is 8.89. The van der Waals surface area contributed by atoms with Crippen LogP contribution in [0.1, 0.15) is 53.5 Å². The fourth-order valence-corrected chi connectivity index (χ4v) is 3.84. The molecule has 5 nitrogen and oxygen atoms in total. The lowest BCUT2D eigenvalue weighted by Crippen LogP contribution is -2.32. The molecule has 1 amide bonds. The van der Waals surface area contributed by atoms with E-state index in [1.165, 1.54) is 17.6 Å². The number of methoxy groups -OCH3 is 1. The summed E-state index contributed by atoms with van der Waals surface area (Å²) in [5.74, 6) is 0.855. The molecule has 0 bridgehead atoms. The van der Waals surface area contributed by atoms with Crippen LogP contribution in [-0.4, -0.2) is 40.5 Å². The molecule has 1 aliphatic carbocycles. The van der Waals surface area contributed by atoms with E-state index in [-0.39, 0.29) is 18.1 Å². The molecule has 1 aliphatic heterocycles. The number of aromatic nitrogens is 2. The molecule has 2 aromatic rings. The quantitative estimate of drug-likeness (QED) is 0.928. The molecule has 0 radical (unpaired) electrons. The summed E-state index contributed by atoms with van der Waals surface area (Å²) in [6.07, 6.45) is 10.1. The Kier molecular flexibility index (Phi) is 4.40. The van der Waals surface area contributed by atoms with Crippen LogP contribution in [0, 0.1) is 0 Å². The number of nitrogens with one attached hydrogen (secondary N) is 1. The number of hydrogen-bond acceptors (Lipinski definition) is 3. The number of hydrogen-bond donors (Lipinski definition) is 1. The summed E-state index contributed by atoms with van der Waals surface area (Å²) in [6, 6.07) is 7.95. The highest BCUT2D eigenvalue weighted by Gasteiger charge is 2.38. The van der Waals surface area contributed by atoms with Crippen LogP contribution < -0.4 is 0 Å². The fourth-order valence-electron chi connectivity index (χ4n) is 3.84. The van der Waals surface area contributed by atoms with Gasteiger partial charge in [-0.3, -0.25) is 4.79 Å². The molecule has 1 N–H and O–H groups in total. The van der Waals surface area contributed by atoms with Gasteiger partial charge in [0.25, 0.3) is 5.91 Å². The molecule has 1 fully saturated rings. The number of likely N-dealkylation sites (tertiary alicyclic amines) is 1. The number of benzene rings is 1. The van der Waals surface area contributed by atoms with Gasteiger partial charge < -0.3 is 14.6 Å². The van der Waals surface area contributed by atoms with Gasteiger partial charge in [-0.05, 0) is 42.5 Å². The predicted octanol–water partition coefficient (Wildman–Crippen LogP) is 3.58. The first kappa shape index (κ1) is 16.1. The van der Waals surface area contributed by atoms with E-state index < -0.39 is 0 Å². The number of aromatic amines is 1. The minimum absolute atomic E-state index is 0.0351. The molecule has 5 heteroatoms. The summed E-state index contributed by atoms with van der Waals surface area (Å²) >= 11 is 0. The van der Waals surface area contributed by atoms with Crippen molar-refractivity contribution in [2.75, 3.05) is 13.7 Å². The lowest BCUT2D eigenvalue weighted by atomic mass is 10.0. The Balaban J connectivity index is 1.56. The minimum Gasteiger partial charge on any atom is -0.380 e. The van der Waals surface area contributed by atoms with Crippen LogP contribution in [0.15, 0.2) is 42.7 Å². The lowest BCUT2D eigenvalue weighted by molar-refractivity contribution is 0.0684. The summed E-state index contributed by atoms with van der Waals surface area (Å²) < 4.78 is 5.50. The van der Waals surface area contributed by atoms with Gasteiger partial charge in [0, 0.05) is 38.0 Å². The number of allylic oxidation sites excluding steroid dienone is 2. The fraction of sp³-hybridized carbons (Fsp3) is 0.400. The molecular weight excluding hydrogens is 314 g/mol. The molecule has 1 saturated heterocycles. The first-order chi connectivity index (χ1) is 12.3. The monoisotopic (exact) mass is 337 g/mol. The highest BCUT2D eigenvalue weighted by Crippen LogP contribution is 2.33. The zero-order valence-electron chi connectivity index (χ0n) is 14.4. The lowest BCUT2D eigenvalue weighted by Gasteiger charge is -2.23. The van der Waals surface area contributed by atoms with Gasteiger partial charge in [0.2, 0.25) is 0 Å². The number of H-pyrrole nitrogens is 1. The van der Waals surface area contributed by atoms with Crippen LogP contribution in [0.25, 0.3) is 5.57 Å². The minimum atomic E-state index is -0.0651. The largest absolute Gasteiger partial charge is 0.380 e. The molecule has 0 saturated carbocycles. The summed E-state index contributed by atoms with van der Waals surface area (Å²) in [6.45, 7) is 0.591. The average Bonchev–Trinajstić information content (AvgIpc) is 3.42. The Hall–Kier alpha value is -2.40. The number of carbonyl (C=O) groups excluding carboxylic acids is 1. The van der Waals surface area contributed by atoms with Gasteiger partial charge in [0.1, 0.15) is 5.82 Å². The Labute approximate surface area is 147 Å². The standard InChI is InChI=1S/C20H23N3O2/c1-25-17-12-18(19-21-10-11-22-19)23(13-17)20(24)16-8-6-15(7-9-16)14-4-2-3-5-14/h4,6-11,17-18H,2-3,5,12-13H2,1H3,(H,21,22)/t17-,18?/m1/s1. The maximum Gasteiger partial charge on any atom is 0.254 e. The van der Waals surface area contributed by atoms with E-state index in [0.717, 1.165) is 30.7 Å². The Bertz CT molecular complexity index is 765. The SMILES string of the molecule is CO[C@@H]1CC(c2ncc[nH]2)N(C(=O)c2ccc(C3=CCCC3)cc2)C1. The molecule has 1 aromatic heterocycles. The molecule has 130 valence electrons. The summed E-state index contributed by atoms with van der Waals surface area (Å²) in [4.78, 5) is 22.4. The highest BCUT2D eigenvalue weighted by molar-refractivity contribution is 5.95. The van der Waals surface area contributed by atoms with E-state index in [4.69, 9.17) is 4.74 Å². The third-order valence-corrected chi connectivity index (χ3v) is 5.24. The Morgan fingerprint density at radius 1 is 1.32 bits per heavy atom. The second kappa shape index (κ2) is 6.84. The third-order valence-electron chi connectivity index (χ3n) is 5.24. The van der Waals surface area contributed by atoms with E-state index in [1.54, 1.807) is 19.5 Å². The molecule has 2 aliphatic rings. The smallest absolute Gasteiger partial charge is 0.254 e. The van der Waals surface area contributed by atoms with Crippen molar-refractivity contribution in [2.45, 2.75) is 37.8 Å². The van der Waals surface area contributed by atoms with Crippen molar-refractivity contribution < 1.29 is 9.53 Å². The van der Waals surface area contributed by atoms with E-state index in [1.807, 2.05) is 17.0 Å². The second-order valence-electron chi connectivity index (χ2n) is 6.74. The van der Waals surface area contributed by atoms with Crippen molar-refractivity contribution in [3.63, 3.8) is 0 Å². The predicted molar refractivity (Wildman–Crippen MR) is 96.0 cm³/mol. The van der Waals surface area contributed by atoms with Crippen LogP contribution in [0.3, 0.4) is 0 Å². The van der Waals surface area contributed by atoms with Gasteiger partial charge in [0.15, 0.2) is 0 Å². The van der Waals surface area contributed by atoms with Crippen molar-refractivity contribution in [1.29, 1.82) is 0 Å². The van der Waals surface area contributed by atoms with Gasteiger partial charge >= 0.3 is 0 Å². The number of imidazole rings is 1. The van der Waals surface area contributed by atoms with Gasteiger partial charge in [-0.2, -0.15) is 0 Å². The first-order valence-corrected chi connectivity index (χ1v) is 8.89. The van der Waals surface area contributed by atoms with Gasteiger partial charge in [-0.15, -0.1) is 0 Å². The summed E-state index contributed by atoms with van der Waals surface area (Å²) in [5.41, 5.74) is 3.34. The third kappa shape index (κ3) is 3.12. The normalized spacial score (nSPS) is 23.1. The highest BCUT2D eigenvalue weighted by atomic mass is 16.5. The molecule has 2 atom stereocenters. The zero-order valence-corrected chi connectivity index (χ0v) is 14.4. The molecule has 2 heterocycles. The van der Waals surface area contributed by atoms with Gasteiger partial charge in [-0.25, -0.2) is 4.98 Å². The van der Waals surface area contributed by atoms with Crippen molar-refractivity contribution >= 4 is 11.5 Å². The van der Waals surface area contributed by atoms with Crippen LogP contribution in [-0.2, 0) is 4.74 Å². The van der Waals surface area contributed by atoms with Gasteiger partial charge in [0.05, 0.1) is 12.1 Å². The van der Waals surface area contributed by atoms with E-state index in [2.05, 4.69) is 28.2 Å². The number of carbonyl (C=O) groups is 1. The van der Waals surface area contributed by atoms with E-state index in [0.29, 0.717) is 6.54 Å². The second-order valence-corrected chi connectivity index (χ2v) is 6.74. The number of ether oxygens (including phenoxy) is 1. The van der Waals surface area contributed by atoms with E-state index in [9.17, 15) is 4.79 Å². The topological polar surface area (TPSA) is 58.2 Å². The Morgan fingerprint density at radius 3 is 2.80 bits per heavy atom. The van der Waals surface area contributed by atoms with Gasteiger partial charge in [-0.1, -0.05) is 18.2 Å². The van der Waals surface area contributed by atoms with Crippen LogP contribution in [0.4, 0.5) is 0 Å². The zero-order chi connectivity index (χ0) is 17.2. The summed E-state index contributed by atoms with van der Waals surface area (Å²) in [5, 5.41) is 0. The molecule has 1 unspecified atom stereocenters. The van der Waals surface area contributed by atoms with Crippen molar-refractivity contribution in [3.8, 4) is 0 Å². The van der Waals surface area contributed by atoms with Crippen molar-refractivity contribution in [1.82, 2.24) is 14.9 Å². The summed E-state index contributed by atoms with van der Waals surface area (Å²) in [7, 11) is 1.70. The van der Waals surface area contributed by atoms with Crippen LogP contribution in [0.2, 0.25) is 0 Å². The number of rotatable bonds is 4. The van der Waals surface area contributed by atoms with Crippen LogP contribution >= 0.6 is 0 Å². The van der Waals surface area contributed by atoms with E-state index >= 15 is 0 Å². The molecule has 0 spiro atoms. The molecule has 25 heavy (non-hydrogen) atoms.